The molecule has 3 heteroatoms. The van der Waals surface area contributed by atoms with Gasteiger partial charge in [0.15, 0.2) is 0 Å². The molecule has 1 nitrogen and oxygen atoms in total. The molecule has 0 saturated carbocycles. The van der Waals surface area contributed by atoms with Gasteiger partial charge in [0.05, 0.1) is 0 Å². The molecule has 0 spiro atoms. The zero-order valence-electron chi connectivity index (χ0n) is 3.14. The summed E-state index contributed by atoms with van der Waals surface area (Å²) >= 11 is 0. The van der Waals surface area contributed by atoms with Crippen molar-refractivity contribution in [1.82, 2.24) is 0 Å². The molecule has 0 amide bonds. The van der Waals surface area contributed by atoms with Gasteiger partial charge in [0.2, 0.25) is 0 Å². The number of rotatable bonds is 0. The Bertz CT molecular complexity index is 9.61. The molecule has 0 aliphatic heterocycles. The zero-order chi connectivity index (χ0) is 2.71. The molecule has 0 rings (SSSR count). The van der Waals surface area contributed by atoms with E-state index in [2.05, 4.69) is 0 Å². The third-order valence-electron chi connectivity index (χ3n) is 0. The molecule has 5 heavy (non-hydrogen) atoms. The van der Waals surface area contributed by atoms with Crippen molar-refractivity contribution < 1.29 is 37.8 Å². The first-order valence-corrected chi connectivity index (χ1v) is 1.02. The molecular weight excluding hydrogens is 164 g/mol. The van der Waals surface area contributed by atoms with Crippen LogP contribution in [0.4, 0.5) is 0 Å². The van der Waals surface area contributed by atoms with Crippen LogP contribution in [-0.2, 0) is 32.7 Å². The normalized spacial score (nSPS) is 3.60. The summed E-state index contributed by atoms with van der Waals surface area (Å²) in [5, 5.41) is 7.57. The number of aliphatic hydroxyl groups is 1. The maximum atomic E-state index is 7.57. The first-order chi connectivity index (χ1) is 1.41. The monoisotopic (exact) mass is 171 g/mol. The van der Waals surface area contributed by atoms with E-state index in [0.29, 0.717) is 0 Å². The smallest absolute Gasteiger partial charge is 0.0402 e. The molecule has 0 atom stereocenters. The summed E-state index contributed by atoms with van der Waals surface area (Å²) < 4.78 is 0. The van der Waals surface area contributed by atoms with E-state index in [9.17, 15) is 0 Å². The zero-order valence-corrected chi connectivity index (χ0v) is 6.79. The standard InChI is InChI=1S/C2H6O.ClH.Y/c1-2-3;;/h3H,2H2,1H3;1H;. The molecule has 1 radical (unpaired) electrons. The molecule has 0 aromatic carbocycles. The second-order valence-electron chi connectivity index (χ2n) is 0.316. The first kappa shape index (κ1) is 16.2. The van der Waals surface area contributed by atoms with Gasteiger partial charge in [0.1, 0.15) is 0 Å². The van der Waals surface area contributed by atoms with Gasteiger partial charge in [0.25, 0.3) is 0 Å². The Morgan fingerprint density at radius 2 is 1.60 bits per heavy atom. The van der Waals surface area contributed by atoms with Crippen molar-refractivity contribution in [2.75, 3.05) is 6.61 Å². The maximum absolute atomic E-state index is 7.57. The summed E-state index contributed by atoms with van der Waals surface area (Å²) in [5.41, 5.74) is 0. The minimum Gasteiger partial charge on any atom is -0.397 e. The maximum Gasteiger partial charge on any atom is 0.0402 e. The predicted molar refractivity (Wildman–Crippen MR) is 20.0 cm³/mol. The Morgan fingerprint density at radius 1 is 1.60 bits per heavy atom. The average Bonchev–Trinajstić information content (AvgIpc) is 0.918. The largest absolute Gasteiger partial charge is 0.397 e. The Labute approximate surface area is 63.4 Å². The summed E-state index contributed by atoms with van der Waals surface area (Å²) in [6, 6.07) is 0. The van der Waals surface area contributed by atoms with Gasteiger partial charge in [-0.15, -0.1) is 12.4 Å². The molecule has 0 heterocycles. The van der Waals surface area contributed by atoms with Gasteiger partial charge in [-0.3, -0.25) is 0 Å². The van der Waals surface area contributed by atoms with Gasteiger partial charge in [-0.05, 0) is 6.92 Å². The van der Waals surface area contributed by atoms with E-state index < -0.39 is 0 Å². The average molecular weight is 171 g/mol. The summed E-state index contributed by atoms with van der Waals surface area (Å²) in [7, 11) is 0. The summed E-state index contributed by atoms with van der Waals surface area (Å²) in [4.78, 5) is 0. The van der Waals surface area contributed by atoms with Crippen molar-refractivity contribution in [3.05, 3.63) is 0 Å². The minimum atomic E-state index is 0. The first-order valence-electron chi connectivity index (χ1n) is 1.02. The van der Waals surface area contributed by atoms with Gasteiger partial charge in [-0.1, -0.05) is 0 Å². The number of hydrogen-bond acceptors (Lipinski definition) is 1. The van der Waals surface area contributed by atoms with Crippen LogP contribution in [0.5, 0.6) is 0 Å². The molecule has 0 bridgehead atoms. The van der Waals surface area contributed by atoms with Crippen LogP contribution in [0.25, 0.3) is 0 Å². The molecule has 0 aliphatic rings. The molecule has 1 N–H and O–H groups in total. The summed E-state index contributed by atoms with van der Waals surface area (Å²) in [5.74, 6) is 0. The molecular formula is C2H7ClOY. The molecule has 0 fully saturated rings. The molecule has 0 unspecified atom stereocenters. The number of aliphatic hydroxyl groups excluding tert-OH is 1. The van der Waals surface area contributed by atoms with Crippen LogP contribution >= 0.6 is 12.4 Å². The van der Waals surface area contributed by atoms with Crippen molar-refractivity contribution >= 4 is 12.4 Å². The van der Waals surface area contributed by atoms with E-state index in [1.165, 1.54) is 0 Å². The number of hydrogen-bond donors (Lipinski definition) is 1. The fraction of sp³-hybridized carbons (Fsp3) is 1.00. The van der Waals surface area contributed by atoms with E-state index in [-0.39, 0.29) is 51.7 Å². The van der Waals surface area contributed by atoms with Crippen molar-refractivity contribution in [3.8, 4) is 0 Å². The molecule has 31 valence electrons. The van der Waals surface area contributed by atoms with Gasteiger partial charge >= 0.3 is 0 Å². The van der Waals surface area contributed by atoms with Crippen molar-refractivity contribution in [1.29, 1.82) is 0 Å². The van der Waals surface area contributed by atoms with Crippen LogP contribution in [0.15, 0.2) is 0 Å². The molecule has 0 aromatic rings. The second kappa shape index (κ2) is 18.3. The Hall–Kier alpha value is 1.35. The van der Waals surface area contributed by atoms with E-state index in [0.717, 1.165) is 0 Å². The van der Waals surface area contributed by atoms with Gasteiger partial charge < -0.3 is 5.11 Å². The Morgan fingerprint density at radius 3 is 1.60 bits per heavy atom. The fourth-order valence-corrected chi connectivity index (χ4v) is 0. The van der Waals surface area contributed by atoms with E-state index in [1.54, 1.807) is 6.92 Å². The topological polar surface area (TPSA) is 20.2 Å². The van der Waals surface area contributed by atoms with Gasteiger partial charge in [0, 0.05) is 39.3 Å². The van der Waals surface area contributed by atoms with Gasteiger partial charge in [-0.2, -0.15) is 0 Å². The van der Waals surface area contributed by atoms with Crippen molar-refractivity contribution in [2.24, 2.45) is 0 Å². The van der Waals surface area contributed by atoms with Crippen LogP contribution in [0.3, 0.4) is 0 Å². The van der Waals surface area contributed by atoms with Crippen LogP contribution < -0.4 is 0 Å². The van der Waals surface area contributed by atoms with Crippen molar-refractivity contribution in [2.45, 2.75) is 6.92 Å². The van der Waals surface area contributed by atoms with Crippen molar-refractivity contribution in [3.63, 3.8) is 0 Å². The van der Waals surface area contributed by atoms with Crippen LogP contribution in [-0.4, -0.2) is 11.7 Å². The number of halogens is 1. The van der Waals surface area contributed by atoms with Crippen LogP contribution in [0.1, 0.15) is 6.92 Å². The van der Waals surface area contributed by atoms with E-state index in [4.69, 9.17) is 5.11 Å². The molecule has 0 saturated heterocycles. The molecule has 0 aromatic heterocycles. The minimum absolute atomic E-state index is 0. The second-order valence-corrected chi connectivity index (χ2v) is 0.316. The third kappa shape index (κ3) is 32.9. The quantitative estimate of drug-likeness (QED) is 0.560. The summed E-state index contributed by atoms with van der Waals surface area (Å²) in [6.07, 6.45) is 0. The predicted octanol–water partition coefficient (Wildman–Crippen LogP) is 0.418. The van der Waals surface area contributed by atoms with Crippen LogP contribution in [0, 0.1) is 0 Å². The fourth-order valence-electron chi connectivity index (χ4n) is 0. The Kier molecular flexibility index (Phi) is 59.3. The van der Waals surface area contributed by atoms with Gasteiger partial charge in [-0.25, -0.2) is 0 Å². The molecule has 0 aliphatic carbocycles. The van der Waals surface area contributed by atoms with Crippen LogP contribution in [0.2, 0.25) is 0 Å². The van der Waals surface area contributed by atoms with E-state index in [1.807, 2.05) is 0 Å². The summed E-state index contributed by atoms with van der Waals surface area (Å²) in [6.45, 7) is 1.93. The Balaban J connectivity index is -0.0000000200. The SMILES string of the molecule is CCO.Cl.[Y]. The van der Waals surface area contributed by atoms with E-state index >= 15 is 0 Å². The third-order valence-corrected chi connectivity index (χ3v) is 0.